The van der Waals surface area contributed by atoms with Gasteiger partial charge in [0.2, 0.25) is 0 Å². The van der Waals surface area contributed by atoms with E-state index in [2.05, 4.69) is 20.7 Å². The predicted molar refractivity (Wildman–Crippen MR) is 56.6 cm³/mol. The van der Waals surface area contributed by atoms with Crippen LogP contribution in [0.3, 0.4) is 0 Å². The Labute approximate surface area is 99.3 Å². The van der Waals surface area contributed by atoms with Gasteiger partial charge in [-0.3, -0.25) is 0 Å². The number of carbonyl (C=O) groups is 1. The Hall–Kier alpha value is -0.810. The highest BCUT2D eigenvalue weighted by Gasteiger charge is 2.12. The van der Waals surface area contributed by atoms with E-state index in [1.165, 1.54) is 19.2 Å². The average Bonchev–Trinajstić information content (AvgIpc) is 2.15. The van der Waals surface area contributed by atoms with Crippen LogP contribution in [0.1, 0.15) is 0 Å². The van der Waals surface area contributed by atoms with Crippen molar-refractivity contribution in [2.24, 2.45) is 0 Å². The van der Waals surface area contributed by atoms with Gasteiger partial charge in [-0.2, -0.15) is 0 Å². The first-order valence-corrected chi connectivity index (χ1v) is 5.06. The van der Waals surface area contributed by atoms with Crippen LogP contribution in [0.15, 0.2) is 16.6 Å². The van der Waals surface area contributed by atoms with Gasteiger partial charge in [-0.05, 0) is 12.1 Å². The molecule has 0 N–H and O–H groups in total. The maximum atomic E-state index is 13.3. The second kappa shape index (κ2) is 5.32. The maximum Gasteiger partial charge on any atom is 0.343 e. The Balaban J connectivity index is 2.81. The van der Waals surface area contributed by atoms with Gasteiger partial charge in [-0.15, -0.1) is 0 Å². The molecule has 0 amide bonds. The summed E-state index contributed by atoms with van der Waals surface area (Å²) in [7, 11) is 1.21. The molecule has 1 aromatic carbocycles. The van der Waals surface area contributed by atoms with Crippen LogP contribution in [0.2, 0.25) is 5.02 Å². The summed E-state index contributed by atoms with van der Waals surface area (Å²) in [5.41, 5.74) is 0. The van der Waals surface area contributed by atoms with E-state index in [1.807, 2.05) is 0 Å². The molecule has 0 heterocycles. The van der Waals surface area contributed by atoms with Crippen LogP contribution in [0.5, 0.6) is 5.75 Å². The van der Waals surface area contributed by atoms with Gasteiger partial charge >= 0.3 is 5.97 Å². The van der Waals surface area contributed by atoms with E-state index in [4.69, 9.17) is 16.3 Å². The minimum absolute atomic E-state index is 0.0887. The summed E-state index contributed by atoms with van der Waals surface area (Å²) < 4.78 is 23.0. The Morgan fingerprint density at radius 1 is 1.60 bits per heavy atom. The van der Waals surface area contributed by atoms with Crippen molar-refractivity contribution in [3.8, 4) is 5.75 Å². The minimum atomic E-state index is -0.640. The van der Waals surface area contributed by atoms with Gasteiger partial charge in [0, 0.05) is 4.47 Å². The largest absolute Gasteiger partial charge is 0.477 e. The van der Waals surface area contributed by atoms with Crippen LogP contribution in [-0.4, -0.2) is 19.7 Å². The van der Waals surface area contributed by atoms with Gasteiger partial charge in [0.05, 0.1) is 12.1 Å². The topological polar surface area (TPSA) is 35.5 Å². The van der Waals surface area contributed by atoms with Crippen LogP contribution in [-0.2, 0) is 9.53 Å². The van der Waals surface area contributed by atoms with Crippen molar-refractivity contribution in [1.29, 1.82) is 0 Å². The Morgan fingerprint density at radius 2 is 2.27 bits per heavy atom. The number of ether oxygens (including phenoxy) is 2. The lowest BCUT2D eigenvalue weighted by Gasteiger charge is -2.08. The lowest BCUT2D eigenvalue weighted by molar-refractivity contribution is -0.142. The monoisotopic (exact) mass is 296 g/mol. The molecule has 0 bridgehead atoms. The highest BCUT2D eigenvalue weighted by atomic mass is 79.9. The third kappa shape index (κ3) is 3.35. The normalized spacial score (nSPS) is 9.87. The molecule has 82 valence electrons. The molecule has 15 heavy (non-hydrogen) atoms. The van der Waals surface area contributed by atoms with Gasteiger partial charge in [0.15, 0.2) is 18.2 Å². The zero-order chi connectivity index (χ0) is 11.4. The fourth-order valence-corrected chi connectivity index (χ4v) is 1.68. The highest BCUT2D eigenvalue weighted by Crippen LogP contribution is 2.31. The molecule has 0 aliphatic rings. The van der Waals surface area contributed by atoms with Crippen molar-refractivity contribution in [2.75, 3.05) is 13.7 Å². The number of carbonyl (C=O) groups excluding carboxylic acids is 1. The average molecular weight is 298 g/mol. The molecule has 1 rings (SSSR count). The molecule has 1 aromatic rings. The van der Waals surface area contributed by atoms with Gasteiger partial charge < -0.3 is 9.47 Å². The summed E-state index contributed by atoms with van der Waals surface area (Å²) in [5, 5.41) is 0.0887. The quantitative estimate of drug-likeness (QED) is 0.805. The van der Waals surface area contributed by atoms with E-state index < -0.39 is 11.8 Å². The second-order valence-corrected chi connectivity index (χ2v) is 3.89. The van der Waals surface area contributed by atoms with Crippen LogP contribution in [0.25, 0.3) is 0 Å². The lowest BCUT2D eigenvalue weighted by atomic mass is 10.3. The number of esters is 1. The number of hydrogen-bond acceptors (Lipinski definition) is 3. The van der Waals surface area contributed by atoms with Crippen molar-refractivity contribution in [2.45, 2.75) is 0 Å². The van der Waals surface area contributed by atoms with E-state index in [0.717, 1.165) is 0 Å². The van der Waals surface area contributed by atoms with E-state index in [0.29, 0.717) is 4.47 Å². The molecule has 0 saturated carbocycles. The van der Waals surface area contributed by atoms with E-state index in [9.17, 15) is 9.18 Å². The summed E-state index contributed by atoms with van der Waals surface area (Å²) in [6, 6.07) is 2.66. The van der Waals surface area contributed by atoms with E-state index in [1.54, 1.807) is 0 Å². The third-order valence-corrected chi connectivity index (χ3v) is 2.26. The maximum absolute atomic E-state index is 13.3. The van der Waals surface area contributed by atoms with Crippen LogP contribution >= 0.6 is 27.5 Å². The molecule has 0 unspecified atom stereocenters. The van der Waals surface area contributed by atoms with Crippen molar-refractivity contribution >= 4 is 33.5 Å². The van der Waals surface area contributed by atoms with Crippen molar-refractivity contribution in [3.63, 3.8) is 0 Å². The first kappa shape index (κ1) is 12.3. The summed E-state index contributed by atoms with van der Waals surface area (Å²) in [6.45, 7) is -0.380. The van der Waals surface area contributed by atoms with Gasteiger partial charge in [-0.1, -0.05) is 27.5 Å². The molecule has 0 aromatic heterocycles. The first-order chi connectivity index (χ1) is 7.04. The van der Waals surface area contributed by atoms with Crippen molar-refractivity contribution in [3.05, 3.63) is 27.4 Å². The molecule has 0 spiro atoms. The summed E-state index contributed by atoms with van der Waals surface area (Å²) in [6.07, 6.45) is 0. The van der Waals surface area contributed by atoms with Crippen molar-refractivity contribution in [1.82, 2.24) is 0 Å². The smallest absolute Gasteiger partial charge is 0.343 e. The highest BCUT2D eigenvalue weighted by molar-refractivity contribution is 9.10. The molecule has 0 saturated heterocycles. The Morgan fingerprint density at radius 3 is 2.80 bits per heavy atom. The van der Waals surface area contributed by atoms with Gasteiger partial charge in [0.25, 0.3) is 0 Å². The van der Waals surface area contributed by atoms with Crippen LogP contribution in [0.4, 0.5) is 4.39 Å². The Bertz CT molecular complexity index is 361. The zero-order valence-corrected chi connectivity index (χ0v) is 10.1. The number of hydrogen-bond donors (Lipinski definition) is 0. The molecule has 0 atom stereocenters. The van der Waals surface area contributed by atoms with Crippen LogP contribution < -0.4 is 4.74 Å². The van der Waals surface area contributed by atoms with Crippen LogP contribution in [0, 0.1) is 5.82 Å². The van der Waals surface area contributed by atoms with E-state index in [-0.39, 0.29) is 17.4 Å². The zero-order valence-electron chi connectivity index (χ0n) is 7.72. The van der Waals surface area contributed by atoms with Gasteiger partial charge in [0.1, 0.15) is 0 Å². The number of methoxy groups -OCH3 is 1. The molecular weight excluding hydrogens is 290 g/mol. The minimum Gasteiger partial charge on any atom is -0.477 e. The molecule has 0 fully saturated rings. The Kier molecular flexibility index (Phi) is 4.35. The van der Waals surface area contributed by atoms with Crippen molar-refractivity contribution < 1.29 is 18.7 Å². The van der Waals surface area contributed by atoms with Gasteiger partial charge in [-0.25, -0.2) is 9.18 Å². The number of rotatable bonds is 3. The second-order valence-electron chi connectivity index (χ2n) is 2.56. The molecule has 0 aliphatic carbocycles. The number of halogens is 3. The standard InChI is InChI=1S/C9H7BrClFO3/c1-14-8(13)4-15-9-6(11)2-5(10)3-7(9)12/h2-3H,4H2,1H3. The summed E-state index contributed by atoms with van der Waals surface area (Å²) in [4.78, 5) is 10.8. The van der Waals surface area contributed by atoms with E-state index >= 15 is 0 Å². The first-order valence-electron chi connectivity index (χ1n) is 3.88. The summed E-state index contributed by atoms with van der Waals surface area (Å²) >= 11 is 8.78. The molecule has 0 aliphatic heterocycles. The third-order valence-electron chi connectivity index (χ3n) is 1.53. The lowest BCUT2D eigenvalue weighted by Crippen LogP contribution is -2.13. The molecule has 3 nitrogen and oxygen atoms in total. The predicted octanol–water partition coefficient (Wildman–Crippen LogP) is 2.79. The fourth-order valence-electron chi connectivity index (χ4n) is 0.857. The fraction of sp³-hybridized carbons (Fsp3) is 0.222. The number of benzene rings is 1. The molecule has 0 radical (unpaired) electrons. The SMILES string of the molecule is COC(=O)COc1c(F)cc(Br)cc1Cl. The summed E-state index contributed by atoms with van der Waals surface area (Å²) in [5.74, 6) is -1.41. The molecular formula is C9H7BrClFO3. The molecule has 6 heteroatoms.